The molecule has 39 heavy (non-hydrogen) atoms. The predicted octanol–water partition coefficient (Wildman–Crippen LogP) is 4.62. The second-order valence-corrected chi connectivity index (χ2v) is 11.7. The maximum absolute atomic E-state index is 13.7. The molecule has 9 heteroatoms. The fourth-order valence-electron chi connectivity index (χ4n) is 5.01. The molecule has 3 aromatic rings. The molecule has 1 aliphatic heterocycles. The summed E-state index contributed by atoms with van der Waals surface area (Å²) in [7, 11) is 2.11. The molecule has 1 aromatic heterocycles. The number of likely N-dealkylation sites (N-methyl/N-ethyl adjacent to an activating group) is 1. The normalized spacial score (nSPS) is 20.1. The van der Waals surface area contributed by atoms with Gasteiger partial charge in [-0.3, -0.25) is 9.59 Å². The van der Waals surface area contributed by atoms with Gasteiger partial charge in [0.15, 0.2) is 5.75 Å². The maximum atomic E-state index is 13.7. The van der Waals surface area contributed by atoms with Crippen LogP contribution in [-0.2, 0) is 0 Å². The molecule has 5 rings (SSSR count). The van der Waals surface area contributed by atoms with E-state index in [1.165, 1.54) is 12.8 Å². The van der Waals surface area contributed by atoms with Crippen LogP contribution in [-0.4, -0.2) is 77.1 Å². The second kappa shape index (κ2) is 11.9. The Balaban J connectivity index is 1.43. The van der Waals surface area contributed by atoms with Crippen molar-refractivity contribution in [1.82, 2.24) is 14.8 Å². The fourth-order valence-corrected chi connectivity index (χ4v) is 5.65. The van der Waals surface area contributed by atoms with E-state index in [-0.39, 0.29) is 36.5 Å². The van der Waals surface area contributed by atoms with Crippen molar-refractivity contribution in [1.29, 1.82) is 0 Å². The number of nitrogens with one attached hydrogen (secondary N) is 1. The molecule has 1 saturated carbocycles. The number of benzene rings is 2. The number of aromatic nitrogens is 1. The number of aliphatic hydroxyl groups excluding tert-OH is 1. The molecule has 0 saturated heterocycles. The van der Waals surface area contributed by atoms with Crippen LogP contribution in [0, 0.1) is 11.8 Å². The molecule has 0 unspecified atom stereocenters. The van der Waals surface area contributed by atoms with E-state index in [1.807, 2.05) is 24.4 Å². The fraction of sp³-hybridized carbons (Fsp3) is 0.433. The largest absolute Gasteiger partial charge is 0.486 e. The third-order valence-corrected chi connectivity index (χ3v) is 8.35. The van der Waals surface area contributed by atoms with Crippen molar-refractivity contribution in [3.8, 4) is 16.3 Å². The molecular weight excluding hydrogens is 512 g/mol. The lowest BCUT2D eigenvalue weighted by molar-refractivity contribution is 0.0345. The molecule has 2 amide bonds. The van der Waals surface area contributed by atoms with Gasteiger partial charge in [-0.25, -0.2) is 4.98 Å². The summed E-state index contributed by atoms with van der Waals surface area (Å²) in [6, 6.07) is 12.2. The van der Waals surface area contributed by atoms with E-state index in [1.54, 1.807) is 52.8 Å². The molecule has 2 aromatic carbocycles. The summed E-state index contributed by atoms with van der Waals surface area (Å²) in [6.07, 6.45) is 4.09. The number of aliphatic hydroxyl groups is 1. The standard InChI is InChI=1S/C30H36N4O4S/c1-19-15-34(20(2)18-35)30(37)24-5-4-6-25(27(24)38-26(19)17-33(3)16-21-7-8-21)32-28(36)22-9-11-23(12-10-22)29-31-13-14-39-29/h4-6,9-14,19-21,26,35H,7-8,15-18H2,1-3H3,(H,32,36)/t19-,20+,26-/m0/s1. The second-order valence-electron chi connectivity index (χ2n) is 10.8. The Labute approximate surface area is 233 Å². The van der Waals surface area contributed by atoms with Gasteiger partial charge in [0, 0.05) is 48.3 Å². The number of fused-ring (bicyclic) bond motifs is 1. The van der Waals surface area contributed by atoms with Gasteiger partial charge in [-0.05, 0) is 57.0 Å². The summed E-state index contributed by atoms with van der Waals surface area (Å²) < 4.78 is 6.62. The minimum absolute atomic E-state index is 0.0138. The Hall–Kier alpha value is -3.27. The molecule has 2 heterocycles. The molecule has 0 bridgehead atoms. The van der Waals surface area contributed by atoms with Gasteiger partial charge in [0.1, 0.15) is 11.1 Å². The smallest absolute Gasteiger partial charge is 0.258 e. The molecule has 8 nitrogen and oxygen atoms in total. The van der Waals surface area contributed by atoms with Crippen LogP contribution in [0.1, 0.15) is 47.4 Å². The number of amides is 2. The first-order valence-corrected chi connectivity index (χ1v) is 14.4. The summed E-state index contributed by atoms with van der Waals surface area (Å²) in [4.78, 5) is 35.3. The van der Waals surface area contributed by atoms with Gasteiger partial charge in [-0.2, -0.15) is 0 Å². The highest BCUT2D eigenvalue weighted by Gasteiger charge is 2.35. The van der Waals surface area contributed by atoms with Crippen molar-refractivity contribution >= 4 is 28.8 Å². The average Bonchev–Trinajstić information content (AvgIpc) is 3.57. The molecule has 0 radical (unpaired) electrons. The number of carbonyl (C=O) groups is 2. The number of rotatable bonds is 9. The Morgan fingerprint density at radius 1 is 1.23 bits per heavy atom. The summed E-state index contributed by atoms with van der Waals surface area (Å²) in [5.74, 6) is 0.632. The number of thiazole rings is 1. The first kappa shape index (κ1) is 27.3. The van der Waals surface area contributed by atoms with E-state index in [4.69, 9.17) is 4.74 Å². The van der Waals surface area contributed by atoms with E-state index in [0.29, 0.717) is 35.7 Å². The number of carbonyl (C=O) groups excluding carboxylic acids is 2. The van der Waals surface area contributed by atoms with Crippen molar-refractivity contribution in [3.05, 3.63) is 65.2 Å². The maximum Gasteiger partial charge on any atom is 0.258 e. The number of para-hydroxylation sites is 1. The predicted molar refractivity (Wildman–Crippen MR) is 153 cm³/mol. The summed E-state index contributed by atoms with van der Waals surface area (Å²) in [5.41, 5.74) is 2.28. The molecular formula is C30H36N4O4S. The van der Waals surface area contributed by atoms with Crippen LogP contribution in [0.3, 0.4) is 0 Å². The number of nitrogens with zero attached hydrogens (tertiary/aromatic N) is 3. The van der Waals surface area contributed by atoms with Crippen LogP contribution in [0.25, 0.3) is 10.6 Å². The third kappa shape index (κ3) is 6.32. The molecule has 3 atom stereocenters. The van der Waals surface area contributed by atoms with Gasteiger partial charge in [-0.15, -0.1) is 11.3 Å². The van der Waals surface area contributed by atoms with Crippen molar-refractivity contribution in [2.45, 2.75) is 38.8 Å². The SMILES string of the molecule is C[C@H](CO)N1C[C@H](C)[C@H](CN(C)CC2CC2)Oc2c(NC(=O)c3ccc(-c4nccs4)cc3)cccc2C1=O. The Morgan fingerprint density at radius 3 is 2.67 bits per heavy atom. The Kier molecular flexibility index (Phi) is 8.30. The van der Waals surface area contributed by atoms with Crippen molar-refractivity contribution in [2.75, 3.05) is 38.6 Å². The highest BCUT2D eigenvalue weighted by Crippen LogP contribution is 2.36. The highest BCUT2D eigenvalue weighted by atomic mass is 32.1. The number of ether oxygens (including phenoxy) is 1. The van der Waals surface area contributed by atoms with Crippen LogP contribution < -0.4 is 10.1 Å². The first-order valence-electron chi connectivity index (χ1n) is 13.5. The molecule has 2 N–H and O–H groups in total. The minimum atomic E-state index is -0.342. The lowest BCUT2D eigenvalue weighted by Gasteiger charge is -2.38. The van der Waals surface area contributed by atoms with Crippen LogP contribution in [0.15, 0.2) is 54.0 Å². The van der Waals surface area contributed by atoms with Crippen molar-refractivity contribution in [3.63, 3.8) is 0 Å². The Bertz CT molecular complexity index is 1290. The number of anilines is 1. The van der Waals surface area contributed by atoms with Crippen molar-refractivity contribution in [2.24, 2.45) is 11.8 Å². The zero-order valence-corrected chi connectivity index (χ0v) is 23.5. The van der Waals surface area contributed by atoms with Gasteiger partial charge in [0.2, 0.25) is 0 Å². The average molecular weight is 549 g/mol. The minimum Gasteiger partial charge on any atom is -0.486 e. The molecule has 1 fully saturated rings. The van der Waals surface area contributed by atoms with E-state index in [2.05, 4.69) is 29.2 Å². The van der Waals surface area contributed by atoms with E-state index in [0.717, 1.165) is 23.0 Å². The first-order chi connectivity index (χ1) is 18.8. The monoisotopic (exact) mass is 548 g/mol. The highest BCUT2D eigenvalue weighted by molar-refractivity contribution is 7.13. The third-order valence-electron chi connectivity index (χ3n) is 7.52. The molecule has 206 valence electrons. The summed E-state index contributed by atoms with van der Waals surface area (Å²) in [5, 5.41) is 15.7. The topological polar surface area (TPSA) is 95.0 Å². The van der Waals surface area contributed by atoms with Crippen LogP contribution in [0.5, 0.6) is 5.75 Å². The van der Waals surface area contributed by atoms with Gasteiger partial charge in [-0.1, -0.05) is 25.1 Å². The van der Waals surface area contributed by atoms with E-state index < -0.39 is 0 Å². The van der Waals surface area contributed by atoms with E-state index in [9.17, 15) is 14.7 Å². The van der Waals surface area contributed by atoms with Crippen LogP contribution in [0.4, 0.5) is 5.69 Å². The lowest BCUT2D eigenvalue weighted by Crippen LogP contribution is -2.50. The number of hydrogen-bond donors (Lipinski definition) is 2. The van der Waals surface area contributed by atoms with Crippen molar-refractivity contribution < 1.29 is 19.4 Å². The van der Waals surface area contributed by atoms with Crippen LogP contribution in [0.2, 0.25) is 0 Å². The van der Waals surface area contributed by atoms with Gasteiger partial charge >= 0.3 is 0 Å². The zero-order chi connectivity index (χ0) is 27.5. The van der Waals surface area contributed by atoms with Gasteiger partial charge < -0.3 is 25.0 Å². The molecule has 2 aliphatic rings. The van der Waals surface area contributed by atoms with Crippen LogP contribution >= 0.6 is 11.3 Å². The van der Waals surface area contributed by atoms with Gasteiger partial charge in [0.05, 0.1) is 23.9 Å². The number of hydrogen-bond acceptors (Lipinski definition) is 7. The molecule has 1 aliphatic carbocycles. The summed E-state index contributed by atoms with van der Waals surface area (Å²) in [6.45, 7) is 5.99. The Morgan fingerprint density at radius 2 is 2.00 bits per heavy atom. The lowest BCUT2D eigenvalue weighted by atomic mass is 9.99. The zero-order valence-electron chi connectivity index (χ0n) is 22.7. The molecule has 0 spiro atoms. The summed E-state index contributed by atoms with van der Waals surface area (Å²) >= 11 is 1.54. The quantitative estimate of drug-likeness (QED) is 0.405. The van der Waals surface area contributed by atoms with Gasteiger partial charge in [0.25, 0.3) is 11.8 Å². The van der Waals surface area contributed by atoms with E-state index >= 15 is 0 Å².